The van der Waals surface area contributed by atoms with Crippen molar-refractivity contribution in [3.63, 3.8) is 0 Å². The van der Waals surface area contributed by atoms with Crippen LogP contribution in [-0.4, -0.2) is 11.3 Å². The summed E-state index contributed by atoms with van der Waals surface area (Å²) in [6, 6.07) is 15.5. The van der Waals surface area contributed by atoms with E-state index in [0.29, 0.717) is 5.69 Å². The molecule has 0 spiro atoms. The number of para-hydroxylation sites is 1. The number of benzene rings is 2. The van der Waals surface area contributed by atoms with Crippen molar-refractivity contribution in [2.45, 2.75) is 19.8 Å². The van der Waals surface area contributed by atoms with Crippen LogP contribution < -0.4 is 0 Å². The van der Waals surface area contributed by atoms with E-state index in [1.54, 1.807) is 6.21 Å². The number of aromatic hydroxyl groups is 1. The fraction of sp³-hybridized carbons (Fsp3) is 0.188. The van der Waals surface area contributed by atoms with Gasteiger partial charge in [-0.15, -0.1) is 0 Å². The van der Waals surface area contributed by atoms with Crippen molar-refractivity contribution in [1.82, 2.24) is 0 Å². The predicted octanol–water partition coefficient (Wildman–Crippen LogP) is 4.27. The minimum atomic E-state index is 0.277. The molecule has 2 aromatic rings. The van der Waals surface area contributed by atoms with Gasteiger partial charge in [-0.3, -0.25) is 4.99 Å². The lowest BCUT2D eigenvalue weighted by Gasteiger charge is -2.09. The number of hydrogen-bond acceptors (Lipinski definition) is 2. The normalized spacial score (nSPS) is 11.3. The molecule has 0 amide bonds. The Morgan fingerprint density at radius 1 is 1.00 bits per heavy atom. The third kappa shape index (κ3) is 2.77. The molecule has 0 aromatic heterocycles. The molecule has 2 nitrogen and oxygen atoms in total. The molecule has 18 heavy (non-hydrogen) atoms. The number of phenols is 1. The first-order valence-electron chi connectivity index (χ1n) is 6.09. The summed E-state index contributed by atoms with van der Waals surface area (Å²) >= 11 is 0. The third-order valence-electron chi connectivity index (χ3n) is 2.82. The first-order chi connectivity index (χ1) is 8.68. The Morgan fingerprint density at radius 3 is 2.39 bits per heavy atom. The molecular weight excluding hydrogens is 222 g/mol. The largest absolute Gasteiger partial charge is 0.505 e. The van der Waals surface area contributed by atoms with Gasteiger partial charge < -0.3 is 5.11 Å². The summed E-state index contributed by atoms with van der Waals surface area (Å²) in [4.78, 5) is 4.34. The van der Waals surface area contributed by atoms with Crippen LogP contribution in [0.3, 0.4) is 0 Å². The zero-order valence-electron chi connectivity index (χ0n) is 10.7. The van der Waals surface area contributed by atoms with Crippen LogP contribution in [0.15, 0.2) is 53.5 Å². The molecule has 0 saturated carbocycles. The molecule has 2 aromatic carbocycles. The van der Waals surface area contributed by atoms with E-state index in [9.17, 15) is 5.11 Å². The molecule has 0 bridgehead atoms. The first-order valence-corrected chi connectivity index (χ1v) is 6.09. The number of aliphatic imine (C=N–C) groups is 1. The average molecular weight is 239 g/mol. The number of rotatable bonds is 3. The summed E-state index contributed by atoms with van der Waals surface area (Å²) in [5.74, 6) is 0.566. The second kappa shape index (κ2) is 5.50. The maximum Gasteiger partial charge on any atom is 0.144 e. The van der Waals surface area contributed by atoms with Crippen LogP contribution in [0.1, 0.15) is 30.9 Å². The van der Waals surface area contributed by atoms with E-state index in [2.05, 4.69) is 18.8 Å². The highest BCUT2D eigenvalue weighted by molar-refractivity contribution is 5.82. The molecule has 0 aliphatic carbocycles. The molecule has 0 aliphatic heterocycles. The highest BCUT2D eigenvalue weighted by atomic mass is 16.3. The van der Waals surface area contributed by atoms with E-state index in [4.69, 9.17) is 0 Å². The second-order valence-corrected chi connectivity index (χ2v) is 4.54. The van der Waals surface area contributed by atoms with E-state index in [0.717, 1.165) is 11.1 Å². The average Bonchev–Trinajstić information content (AvgIpc) is 2.38. The Kier molecular flexibility index (Phi) is 3.78. The second-order valence-electron chi connectivity index (χ2n) is 4.54. The van der Waals surface area contributed by atoms with Crippen molar-refractivity contribution in [3.05, 3.63) is 59.7 Å². The highest BCUT2D eigenvalue weighted by Gasteiger charge is 2.08. The van der Waals surface area contributed by atoms with Crippen LogP contribution in [-0.2, 0) is 0 Å². The van der Waals surface area contributed by atoms with E-state index in [1.165, 1.54) is 0 Å². The van der Waals surface area contributed by atoms with Crippen molar-refractivity contribution in [2.75, 3.05) is 0 Å². The van der Waals surface area contributed by atoms with Gasteiger partial charge in [0.1, 0.15) is 11.4 Å². The van der Waals surface area contributed by atoms with Crippen molar-refractivity contribution >= 4 is 11.9 Å². The molecule has 1 N–H and O–H groups in total. The van der Waals surface area contributed by atoms with Crippen LogP contribution in [0.5, 0.6) is 5.75 Å². The molecular formula is C16H17NO. The van der Waals surface area contributed by atoms with Crippen molar-refractivity contribution in [2.24, 2.45) is 4.99 Å². The van der Waals surface area contributed by atoms with Gasteiger partial charge in [-0.25, -0.2) is 0 Å². The molecule has 2 rings (SSSR count). The Balaban J connectivity index is 2.30. The lowest BCUT2D eigenvalue weighted by molar-refractivity contribution is 0.466. The van der Waals surface area contributed by atoms with Crippen molar-refractivity contribution in [3.8, 4) is 5.75 Å². The number of phenolic OH excluding ortho intramolecular Hbond substituents is 1. The lowest BCUT2D eigenvalue weighted by atomic mass is 10.0. The summed E-state index contributed by atoms with van der Waals surface area (Å²) in [5.41, 5.74) is 2.56. The van der Waals surface area contributed by atoms with Gasteiger partial charge in [0.2, 0.25) is 0 Å². The molecule has 2 heteroatoms. The molecule has 0 fully saturated rings. The van der Waals surface area contributed by atoms with E-state index in [1.807, 2.05) is 48.5 Å². The zero-order valence-corrected chi connectivity index (χ0v) is 10.7. The quantitative estimate of drug-likeness (QED) is 0.797. The van der Waals surface area contributed by atoms with Crippen LogP contribution in [0.4, 0.5) is 5.69 Å². The van der Waals surface area contributed by atoms with Gasteiger partial charge in [-0.2, -0.15) is 0 Å². The minimum Gasteiger partial charge on any atom is -0.505 e. The summed E-state index contributed by atoms with van der Waals surface area (Å²) in [5, 5.41) is 10.1. The van der Waals surface area contributed by atoms with Crippen LogP contribution in [0.25, 0.3) is 0 Å². The minimum absolute atomic E-state index is 0.277. The fourth-order valence-electron chi connectivity index (χ4n) is 1.80. The summed E-state index contributed by atoms with van der Waals surface area (Å²) < 4.78 is 0. The summed E-state index contributed by atoms with van der Waals surface area (Å²) in [6.45, 7) is 4.11. The fourth-order valence-corrected chi connectivity index (χ4v) is 1.80. The Labute approximate surface area is 108 Å². The first kappa shape index (κ1) is 12.4. The van der Waals surface area contributed by atoms with Gasteiger partial charge in [0.05, 0.1) is 0 Å². The van der Waals surface area contributed by atoms with Gasteiger partial charge in [0.25, 0.3) is 0 Å². The van der Waals surface area contributed by atoms with Gasteiger partial charge in [-0.1, -0.05) is 56.3 Å². The summed E-state index contributed by atoms with van der Waals surface area (Å²) in [6.07, 6.45) is 1.76. The Morgan fingerprint density at radius 2 is 1.72 bits per heavy atom. The maximum absolute atomic E-state index is 10.1. The van der Waals surface area contributed by atoms with Crippen LogP contribution in [0, 0.1) is 0 Å². The number of hydrogen-bond donors (Lipinski definition) is 1. The molecule has 0 radical (unpaired) electrons. The smallest absolute Gasteiger partial charge is 0.144 e. The Bertz CT molecular complexity index is 544. The lowest BCUT2D eigenvalue weighted by Crippen LogP contribution is -1.88. The predicted molar refractivity (Wildman–Crippen MR) is 75.9 cm³/mol. The van der Waals surface area contributed by atoms with Crippen molar-refractivity contribution < 1.29 is 5.11 Å². The van der Waals surface area contributed by atoms with Gasteiger partial charge >= 0.3 is 0 Å². The van der Waals surface area contributed by atoms with Crippen LogP contribution >= 0.6 is 0 Å². The Hall–Kier alpha value is -2.09. The highest BCUT2D eigenvalue weighted by Crippen LogP contribution is 2.34. The van der Waals surface area contributed by atoms with E-state index < -0.39 is 0 Å². The third-order valence-corrected chi connectivity index (χ3v) is 2.82. The van der Waals surface area contributed by atoms with Gasteiger partial charge in [0, 0.05) is 6.21 Å². The monoisotopic (exact) mass is 239 g/mol. The van der Waals surface area contributed by atoms with Gasteiger partial charge in [0.15, 0.2) is 0 Å². The van der Waals surface area contributed by atoms with Gasteiger partial charge in [-0.05, 0) is 23.1 Å². The molecule has 0 unspecified atom stereocenters. The molecule has 0 saturated heterocycles. The summed E-state index contributed by atoms with van der Waals surface area (Å²) in [7, 11) is 0. The molecule has 92 valence electrons. The van der Waals surface area contributed by atoms with E-state index >= 15 is 0 Å². The number of nitrogens with zero attached hydrogens (tertiary/aromatic N) is 1. The molecule has 0 atom stereocenters. The molecule has 0 aliphatic rings. The standard InChI is InChI=1S/C16H17NO/c1-12(2)14-9-6-10-15(16(14)18)17-11-13-7-4-3-5-8-13/h3-12,18H,1-2H3. The van der Waals surface area contributed by atoms with Crippen LogP contribution in [0.2, 0.25) is 0 Å². The van der Waals surface area contributed by atoms with Crippen molar-refractivity contribution in [1.29, 1.82) is 0 Å². The zero-order chi connectivity index (χ0) is 13.0. The molecule has 0 heterocycles. The van der Waals surface area contributed by atoms with E-state index in [-0.39, 0.29) is 11.7 Å². The topological polar surface area (TPSA) is 32.6 Å². The SMILES string of the molecule is CC(C)c1cccc(N=Cc2ccccc2)c1O. The maximum atomic E-state index is 10.1.